The second-order valence-corrected chi connectivity index (χ2v) is 5.90. The number of nitrogen functional groups attached to an aromatic ring is 1. The van der Waals surface area contributed by atoms with E-state index >= 15 is 0 Å². The number of carbonyl (C=O) groups excluding carboxylic acids is 1. The number of ether oxygens (including phenoxy) is 1. The summed E-state index contributed by atoms with van der Waals surface area (Å²) in [6.45, 7) is 2.65. The Labute approximate surface area is 132 Å². The maximum Gasteiger partial charge on any atom is 0.340 e. The molecule has 1 heterocycles. The molecule has 7 heteroatoms. The standard InChI is InChI=1S/C14H16ClN3O2S/c1-8(13-17-3-4-21-13)7-18-12-10(14(19)20-2)5-9(16)6-11(12)15/h3-6,8,18H,7,16H2,1-2H3. The van der Waals surface area contributed by atoms with Gasteiger partial charge < -0.3 is 15.8 Å². The van der Waals surface area contributed by atoms with Crippen LogP contribution in [0.4, 0.5) is 11.4 Å². The van der Waals surface area contributed by atoms with E-state index in [4.69, 9.17) is 22.1 Å². The molecule has 0 spiro atoms. The predicted molar refractivity (Wildman–Crippen MR) is 86.2 cm³/mol. The number of nitrogens with two attached hydrogens (primary N) is 1. The van der Waals surface area contributed by atoms with E-state index in [9.17, 15) is 4.79 Å². The number of carbonyl (C=O) groups is 1. The van der Waals surface area contributed by atoms with Crippen molar-refractivity contribution in [2.24, 2.45) is 0 Å². The number of nitrogens with zero attached hydrogens (tertiary/aromatic N) is 1. The molecule has 0 radical (unpaired) electrons. The molecule has 3 N–H and O–H groups in total. The number of rotatable bonds is 5. The van der Waals surface area contributed by atoms with Gasteiger partial charge in [0.2, 0.25) is 0 Å². The summed E-state index contributed by atoms with van der Waals surface area (Å²) >= 11 is 7.77. The van der Waals surface area contributed by atoms with Gasteiger partial charge in [-0.3, -0.25) is 0 Å². The van der Waals surface area contributed by atoms with Crippen LogP contribution in [0.1, 0.15) is 28.2 Å². The first-order valence-electron chi connectivity index (χ1n) is 6.33. The summed E-state index contributed by atoms with van der Waals surface area (Å²) in [5.74, 6) is -0.280. The molecular formula is C14H16ClN3O2S. The third kappa shape index (κ3) is 3.65. The zero-order valence-electron chi connectivity index (χ0n) is 11.7. The van der Waals surface area contributed by atoms with Crippen LogP contribution < -0.4 is 11.1 Å². The lowest BCUT2D eigenvalue weighted by Crippen LogP contribution is -2.14. The Bertz CT molecular complexity index is 631. The summed E-state index contributed by atoms with van der Waals surface area (Å²) in [6, 6.07) is 3.15. The van der Waals surface area contributed by atoms with Gasteiger partial charge in [-0.15, -0.1) is 11.3 Å². The molecule has 112 valence electrons. The molecule has 0 saturated carbocycles. The number of aromatic nitrogens is 1. The highest BCUT2D eigenvalue weighted by atomic mass is 35.5. The van der Waals surface area contributed by atoms with Crippen LogP contribution in [0, 0.1) is 0 Å². The molecule has 2 rings (SSSR count). The minimum absolute atomic E-state index is 0.198. The van der Waals surface area contributed by atoms with E-state index in [1.807, 2.05) is 5.38 Å². The fourth-order valence-corrected chi connectivity index (χ4v) is 2.89. The molecular weight excluding hydrogens is 310 g/mol. The molecule has 0 aliphatic rings. The molecule has 2 aromatic rings. The van der Waals surface area contributed by atoms with Crippen LogP contribution in [0.3, 0.4) is 0 Å². The number of halogens is 1. The first-order valence-corrected chi connectivity index (χ1v) is 7.59. The smallest absolute Gasteiger partial charge is 0.340 e. The maximum absolute atomic E-state index is 11.8. The lowest BCUT2D eigenvalue weighted by molar-refractivity contribution is 0.0602. The number of hydrogen-bond donors (Lipinski definition) is 2. The molecule has 0 saturated heterocycles. The SMILES string of the molecule is COC(=O)c1cc(N)cc(Cl)c1NCC(C)c1nccs1. The monoisotopic (exact) mass is 325 g/mol. The van der Waals surface area contributed by atoms with Gasteiger partial charge in [0.25, 0.3) is 0 Å². The van der Waals surface area contributed by atoms with Crippen molar-refractivity contribution in [2.75, 3.05) is 24.7 Å². The number of benzene rings is 1. The lowest BCUT2D eigenvalue weighted by atomic mass is 10.1. The zero-order valence-corrected chi connectivity index (χ0v) is 13.3. The van der Waals surface area contributed by atoms with Crippen molar-refractivity contribution in [3.63, 3.8) is 0 Å². The van der Waals surface area contributed by atoms with Gasteiger partial charge in [-0.25, -0.2) is 9.78 Å². The van der Waals surface area contributed by atoms with Gasteiger partial charge in [0.1, 0.15) is 0 Å². The Morgan fingerprint density at radius 1 is 1.57 bits per heavy atom. The molecule has 1 atom stereocenters. The minimum atomic E-state index is -0.478. The normalized spacial score (nSPS) is 12.0. The Morgan fingerprint density at radius 2 is 2.33 bits per heavy atom. The number of nitrogens with one attached hydrogen (secondary N) is 1. The van der Waals surface area contributed by atoms with Gasteiger partial charge in [-0.1, -0.05) is 18.5 Å². The van der Waals surface area contributed by atoms with E-state index in [2.05, 4.69) is 17.2 Å². The minimum Gasteiger partial charge on any atom is -0.465 e. The van der Waals surface area contributed by atoms with Crippen LogP contribution >= 0.6 is 22.9 Å². The highest BCUT2D eigenvalue weighted by molar-refractivity contribution is 7.09. The fourth-order valence-electron chi connectivity index (χ4n) is 1.90. The van der Waals surface area contributed by atoms with E-state index in [1.165, 1.54) is 7.11 Å². The molecule has 1 unspecified atom stereocenters. The largest absolute Gasteiger partial charge is 0.465 e. The van der Waals surface area contributed by atoms with E-state index < -0.39 is 5.97 Å². The quantitative estimate of drug-likeness (QED) is 0.651. The molecule has 0 bridgehead atoms. The van der Waals surface area contributed by atoms with Gasteiger partial charge in [0.05, 0.1) is 28.4 Å². The third-order valence-corrected chi connectivity index (χ3v) is 4.28. The molecule has 1 aromatic heterocycles. The Hall–Kier alpha value is -1.79. The molecule has 0 aliphatic heterocycles. The zero-order chi connectivity index (χ0) is 15.4. The summed E-state index contributed by atoms with van der Waals surface area (Å²) in [5.41, 5.74) is 7.00. The van der Waals surface area contributed by atoms with Gasteiger partial charge in [0, 0.05) is 29.7 Å². The van der Waals surface area contributed by atoms with E-state index in [-0.39, 0.29) is 5.92 Å². The van der Waals surface area contributed by atoms with Crippen LogP contribution in [-0.4, -0.2) is 24.6 Å². The van der Waals surface area contributed by atoms with Gasteiger partial charge in [-0.2, -0.15) is 0 Å². The molecule has 0 aliphatic carbocycles. The van der Waals surface area contributed by atoms with Crippen molar-refractivity contribution in [1.82, 2.24) is 4.98 Å². The number of thiazole rings is 1. The predicted octanol–water partition coefficient (Wildman–Crippen LogP) is 3.38. The van der Waals surface area contributed by atoms with Gasteiger partial charge in [0.15, 0.2) is 0 Å². The highest BCUT2D eigenvalue weighted by Crippen LogP contribution is 2.30. The van der Waals surface area contributed by atoms with Crippen molar-refractivity contribution < 1.29 is 9.53 Å². The van der Waals surface area contributed by atoms with Crippen molar-refractivity contribution in [1.29, 1.82) is 0 Å². The summed E-state index contributed by atoms with van der Waals surface area (Å²) in [6.07, 6.45) is 1.77. The van der Waals surface area contributed by atoms with Crippen LogP contribution in [0.25, 0.3) is 0 Å². The Balaban J connectivity index is 2.21. The van der Waals surface area contributed by atoms with Crippen molar-refractivity contribution in [3.8, 4) is 0 Å². The van der Waals surface area contributed by atoms with Crippen LogP contribution in [0.5, 0.6) is 0 Å². The van der Waals surface area contributed by atoms with Crippen molar-refractivity contribution in [2.45, 2.75) is 12.8 Å². The second-order valence-electron chi connectivity index (χ2n) is 4.57. The number of methoxy groups -OCH3 is 1. The first-order chi connectivity index (χ1) is 10.0. The Kier molecular flexibility index (Phi) is 5.03. The third-order valence-electron chi connectivity index (χ3n) is 2.98. The van der Waals surface area contributed by atoms with Crippen molar-refractivity contribution in [3.05, 3.63) is 39.3 Å². The average molecular weight is 326 g/mol. The van der Waals surface area contributed by atoms with Crippen molar-refractivity contribution >= 4 is 40.3 Å². The summed E-state index contributed by atoms with van der Waals surface area (Å²) in [5, 5.41) is 6.54. The maximum atomic E-state index is 11.8. The topological polar surface area (TPSA) is 77.2 Å². The molecule has 0 amide bonds. The van der Waals surface area contributed by atoms with Crippen LogP contribution in [0.2, 0.25) is 5.02 Å². The van der Waals surface area contributed by atoms with E-state index in [1.54, 1.807) is 29.7 Å². The lowest BCUT2D eigenvalue weighted by Gasteiger charge is -2.16. The van der Waals surface area contributed by atoms with Gasteiger partial charge in [-0.05, 0) is 12.1 Å². The summed E-state index contributed by atoms with van der Waals surface area (Å²) in [7, 11) is 1.32. The fraction of sp³-hybridized carbons (Fsp3) is 0.286. The number of anilines is 2. The first kappa shape index (κ1) is 15.6. The van der Waals surface area contributed by atoms with E-state index in [0.29, 0.717) is 28.5 Å². The summed E-state index contributed by atoms with van der Waals surface area (Å²) in [4.78, 5) is 16.1. The number of esters is 1. The Morgan fingerprint density at radius 3 is 2.95 bits per heavy atom. The highest BCUT2D eigenvalue weighted by Gasteiger charge is 2.17. The molecule has 1 aromatic carbocycles. The molecule has 0 fully saturated rings. The molecule has 21 heavy (non-hydrogen) atoms. The second kappa shape index (κ2) is 6.78. The van der Waals surface area contributed by atoms with Gasteiger partial charge >= 0.3 is 5.97 Å². The number of hydrogen-bond acceptors (Lipinski definition) is 6. The average Bonchev–Trinajstić information content (AvgIpc) is 2.98. The van der Waals surface area contributed by atoms with E-state index in [0.717, 1.165) is 5.01 Å². The summed E-state index contributed by atoms with van der Waals surface area (Å²) < 4.78 is 4.76. The molecule has 5 nitrogen and oxygen atoms in total. The van der Waals surface area contributed by atoms with Crippen LogP contribution in [-0.2, 0) is 4.74 Å². The van der Waals surface area contributed by atoms with Crippen LogP contribution in [0.15, 0.2) is 23.7 Å².